The normalized spacial score (nSPS) is 11.4. The second kappa shape index (κ2) is 7.87. The van der Waals surface area contributed by atoms with Crippen LogP contribution in [0.25, 0.3) is 0 Å². The summed E-state index contributed by atoms with van der Waals surface area (Å²) in [6, 6.07) is 5.49. The predicted octanol–water partition coefficient (Wildman–Crippen LogP) is 4.28. The molecule has 0 spiro atoms. The van der Waals surface area contributed by atoms with Gasteiger partial charge in [-0.2, -0.15) is 0 Å². The summed E-state index contributed by atoms with van der Waals surface area (Å²) in [7, 11) is 0. The fraction of sp³-hybridized carbons (Fsp3) is 0.533. The quantitative estimate of drug-likeness (QED) is 0.580. The summed E-state index contributed by atoms with van der Waals surface area (Å²) in [6.07, 6.45) is 0.990. The van der Waals surface area contributed by atoms with Crippen LogP contribution in [-0.4, -0.2) is 24.8 Å². The van der Waals surface area contributed by atoms with Crippen LogP contribution in [0.2, 0.25) is 10.0 Å². The Kier molecular flexibility index (Phi) is 6.80. The molecule has 112 valence electrons. The standard InChI is InChI=1S/C15H20Cl2O3/c1-15(2,3)20-14(18)7-9-19-8-6-11-4-5-12(16)13(17)10-11/h4-5,10H,6-9H2,1-3H3. The van der Waals surface area contributed by atoms with E-state index < -0.39 is 5.60 Å². The molecule has 1 rings (SSSR count). The van der Waals surface area contributed by atoms with Crippen molar-refractivity contribution < 1.29 is 14.3 Å². The highest BCUT2D eigenvalue weighted by Gasteiger charge is 2.15. The molecule has 5 heteroatoms. The fourth-order valence-corrected chi connectivity index (χ4v) is 1.86. The molecule has 1 aromatic rings. The average Bonchev–Trinajstić information content (AvgIpc) is 2.31. The molecule has 20 heavy (non-hydrogen) atoms. The van der Waals surface area contributed by atoms with Crippen molar-refractivity contribution in [1.29, 1.82) is 0 Å². The number of hydrogen-bond acceptors (Lipinski definition) is 3. The van der Waals surface area contributed by atoms with E-state index in [2.05, 4.69) is 0 Å². The lowest BCUT2D eigenvalue weighted by atomic mass is 10.2. The Labute approximate surface area is 130 Å². The van der Waals surface area contributed by atoms with Crippen molar-refractivity contribution in [2.24, 2.45) is 0 Å². The van der Waals surface area contributed by atoms with E-state index in [0.29, 0.717) is 23.3 Å². The number of esters is 1. The van der Waals surface area contributed by atoms with Crippen LogP contribution in [0.15, 0.2) is 18.2 Å². The van der Waals surface area contributed by atoms with Gasteiger partial charge in [0.2, 0.25) is 0 Å². The Morgan fingerprint density at radius 1 is 1.15 bits per heavy atom. The van der Waals surface area contributed by atoms with Gasteiger partial charge in [-0.1, -0.05) is 29.3 Å². The number of rotatable bonds is 6. The maximum atomic E-state index is 11.4. The summed E-state index contributed by atoms with van der Waals surface area (Å²) in [5, 5.41) is 1.08. The summed E-state index contributed by atoms with van der Waals surface area (Å²) in [6.45, 7) is 6.42. The summed E-state index contributed by atoms with van der Waals surface area (Å²) in [4.78, 5) is 11.4. The average molecular weight is 319 g/mol. The monoisotopic (exact) mass is 318 g/mol. The second-order valence-electron chi connectivity index (χ2n) is 5.45. The Morgan fingerprint density at radius 2 is 1.85 bits per heavy atom. The van der Waals surface area contributed by atoms with Crippen LogP contribution in [0.4, 0.5) is 0 Å². The Bertz CT molecular complexity index is 453. The molecule has 3 nitrogen and oxygen atoms in total. The third kappa shape index (κ3) is 7.13. The first-order valence-corrected chi connectivity index (χ1v) is 7.27. The summed E-state index contributed by atoms with van der Waals surface area (Å²) in [5.41, 5.74) is 0.605. The van der Waals surface area contributed by atoms with Gasteiger partial charge in [-0.25, -0.2) is 0 Å². The molecular weight excluding hydrogens is 299 g/mol. The molecular formula is C15H20Cl2O3. The van der Waals surface area contributed by atoms with Gasteiger partial charge in [-0.05, 0) is 44.9 Å². The van der Waals surface area contributed by atoms with E-state index in [9.17, 15) is 4.79 Å². The molecule has 0 aliphatic carbocycles. The largest absolute Gasteiger partial charge is 0.460 e. The van der Waals surface area contributed by atoms with Gasteiger partial charge < -0.3 is 9.47 Å². The van der Waals surface area contributed by atoms with E-state index in [1.165, 1.54) is 0 Å². The van der Waals surface area contributed by atoms with Gasteiger partial charge in [-0.15, -0.1) is 0 Å². The van der Waals surface area contributed by atoms with Crippen molar-refractivity contribution in [1.82, 2.24) is 0 Å². The van der Waals surface area contributed by atoms with Crippen LogP contribution in [0, 0.1) is 0 Å². The lowest BCUT2D eigenvalue weighted by Gasteiger charge is -2.19. The smallest absolute Gasteiger partial charge is 0.308 e. The number of halogens is 2. The topological polar surface area (TPSA) is 35.5 Å². The lowest BCUT2D eigenvalue weighted by molar-refractivity contribution is -0.156. The van der Waals surface area contributed by atoms with Crippen molar-refractivity contribution in [2.45, 2.75) is 39.2 Å². The summed E-state index contributed by atoms with van der Waals surface area (Å²) in [5.74, 6) is -0.243. The Balaban J connectivity index is 2.19. The Hall–Kier alpha value is -0.770. The Morgan fingerprint density at radius 3 is 2.45 bits per heavy atom. The van der Waals surface area contributed by atoms with Gasteiger partial charge in [0, 0.05) is 0 Å². The van der Waals surface area contributed by atoms with Crippen LogP contribution in [0.3, 0.4) is 0 Å². The zero-order valence-corrected chi connectivity index (χ0v) is 13.6. The minimum atomic E-state index is -0.447. The van der Waals surface area contributed by atoms with Gasteiger partial charge >= 0.3 is 5.97 Å². The molecule has 0 saturated heterocycles. The predicted molar refractivity (Wildman–Crippen MR) is 81.4 cm³/mol. The van der Waals surface area contributed by atoms with E-state index in [1.54, 1.807) is 6.07 Å². The van der Waals surface area contributed by atoms with Gasteiger partial charge in [0.25, 0.3) is 0 Å². The van der Waals surface area contributed by atoms with E-state index in [0.717, 1.165) is 12.0 Å². The number of carbonyl (C=O) groups excluding carboxylic acids is 1. The molecule has 0 unspecified atom stereocenters. The molecule has 0 N–H and O–H groups in total. The van der Waals surface area contributed by atoms with Crippen molar-refractivity contribution in [3.05, 3.63) is 33.8 Å². The fourth-order valence-electron chi connectivity index (χ4n) is 1.54. The van der Waals surface area contributed by atoms with Crippen LogP contribution in [-0.2, 0) is 20.7 Å². The van der Waals surface area contributed by atoms with E-state index in [4.69, 9.17) is 32.7 Å². The van der Waals surface area contributed by atoms with Gasteiger partial charge in [0.05, 0.1) is 29.7 Å². The first-order valence-electron chi connectivity index (χ1n) is 6.51. The van der Waals surface area contributed by atoms with Crippen molar-refractivity contribution >= 4 is 29.2 Å². The molecule has 0 aliphatic heterocycles. The van der Waals surface area contributed by atoms with Crippen molar-refractivity contribution in [3.8, 4) is 0 Å². The highest BCUT2D eigenvalue weighted by Crippen LogP contribution is 2.22. The molecule has 1 aromatic carbocycles. The summed E-state index contributed by atoms with van der Waals surface area (Å²) < 4.78 is 10.6. The van der Waals surface area contributed by atoms with Crippen molar-refractivity contribution in [2.75, 3.05) is 13.2 Å². The van der Waals surface area contributed by atoms with E-state index in [1.807, 2.05) is 32.9 Å². The number of hydrogen-bond donors (Lipinski definition) is 0. The number of ether oxygens (including phenoxy) is 2. The zero-order chi connectivity index (χ0) is 15.2. The number of carbonyl (C=O) groups is 1. The van der Waals surface area contributed by atoms with Crippen LogP contribution < -0.4 is 0 Å². The maximum Gasteiger partial charge on any atom is 0.308 e. The van der Waals surface area contributed by atoms with Crippen LogP contribution in [0.5, 0.6) is 0 Å². The third-order valence-electron chi connectivity index (χ3n) is 2.39. The molecule has 0 amide bonds. The number of benzene rings is 1. The van der Waals surface area contributed by atoms with Gasteiger partial charge in [0.15, 0.2) is 0 Å². The van der Waals surface area contributed by atoms with Crippen molar-refractivity contribution in [3.63, 3.8) is 0 Å². The first-order chi connectivity index (χ1) is 9.28. The third-order valence-corrected chi connectivity index (χ3v) is 3.13. The maximum absolute atomic E-state index is 11.4. The van der Waals surface area contributed by atoms with E-state index >= 15 is 0 Å². The second-order valence-corrected chi connectivity index (χ2v) is 6.26. The molecule has 0 aliphatic rings. The van der Waals surface area contributed by atoms with Gasteiger partial charge in [0.1, 0.15) is 5.60 Å². The van der Waals surface area contributed by atoms with E-state index in [-0.39, 0.29) is 12.4 Å². The van der Waals surface area contributed by atoms with Gasteiger partial charge in [-0.3, -0.25) is 4.79 Å². The zero-order valence-electron chi connectivity index (χ0n) is 12.0. The van der Waals surface area contributed by atoms with Crippen LogP contribution >= 0.6 is 23.2 Å². The minimum absolute atomic E-state index is 0.243. The highest BCUT2D eigenvalue weighted by molar-refractivity contribution is 6.42. The molecule has 0 saturated carbocycles. The molecule has 0 fully saturated rings. The molecule has 0 bridgehead atoms. The lowest BCUT2D eigenvalue weighted by Crippen LogP contribution is -2.24. The van der Waals surface area contributed by atoms with Crippen LogP contribution in [0.1, 0.15) is 32.8 Å². The minimum Gasteiger partial charge on any atom is -0.460 e. The SMILES string of the molecule is CC(C)(C)OC(=O)CCOCCc1ccc(Cl)c(Cl)c1. The molecule has 0 heterocycles. The highest BCUT2D eigenvalue weighted by atomic mass is 35.5. The molecule has 0 atom stereocenters. The summed E-state index contributed by atoms with van der Waals surface area (Å²) >= 11 is 11.8. The molecule has 0 radical (unpaired) electrons. The molecule has 0 aromatic heterocycles. The first kappa shape index (κ1) is 17.3.